The topological polar surface area (TPSA) is 103 Å². The summed E-state index contributed by atoms with van der Waals surface area (Å²) < 4.78 is 25.3. The molecule has 2 aromatic carbocycles. The van der Waals surface area contributed by atoms with Gasteiger partial charge < -0.3 is 20.1 Å². The molecule has 0 saturated heterocycles. The van der Waals surface area contributed by atoms with Crippen LogP contribution in [0.2, 0.25) is 0 Å². The van der Waals surface area contributed by atoms with E-state index in [0.29, 0.717) is 36.8 Å². The minimum absolute atomic E-state index is 0.0915. The van der Waals surface area contributed by atoms with E-state index in [2.05, 4.69) is 25.7 Å². The molecule has 2 aromatic heterocycles. The fourth-order valence-electron chi connectivity index (χ4n) is 3.16. The number of carbonyl (C=O) groups excluding carboxylic acids is 1. The van der Waals surface area contributed by atoms with Gasteiger partial charge in [-0.05, 0) is 42.0 Å². The Morgan fingerprint density at radius 1 is 1.06 bits per heavy atom. The van der Waals surface area contributed by atoms with Gasteiger partial charge in [-0.25, -0.2) is 19.0 Å². The van der Waals surface area contributed by atoms with Crippen molar-refractivity contribution in [3.05, 3.63) is 72.4 Å². The maximum atomic E-state index is 13.1. The highest BCUT2D eigenvalue weighted by Gasteiger charge is 2.10. The number of hydrogen-bond acceptors (Lipinski definition) is 7. The fraction of sp³-hybridized carbons (Fsp3) is 0.217. The highest BCUT2D eigenvalue weighted by atomic mass is 19.1. The van der Waals surface area contributed by atoms with Crippen molar-refractivity contribution in [1.82, 2.24) is 25.1 Å². The highest BCUT2D eigenvalue weighted by Crippen LogP contribution is 2.19. The molecule has 2 N–H and O–H groups in total. The molecule has 0 radical (unpaired) electrons. The highest BCUT2D eigenvalue weighted by molar-refractivity contribution is 5.86. The lowest BCUT2D eigenvalue weighted by molar-refractivity contribution is -0.123. The summed E-state index contributed by atoms with van der Waals surface area (Å²) in [5, 5.41) is 11.2. The van der Waals surface area contributed by atoms with Crippen LogP contribution in [0.15, 0.2) is 61.1 Å². The van der Waals surface area contributed by atoms with Gasteiger partial charge in [0.05, 0.1) is 25.2 Å². The summed E-state index contributed by atoms with van der Waals surface area (Å²) in [5.41, 5.74) is 1.57. The number of aromatic nitrogens is 4. The van der Waals surface area contributed by atoms with Gasteiger partial charge in [0.1, 0.15) is 29.5 Å². The van der Waals surface area contributed by atoms with E-state index in [9.17, 15) is 9.18 Å². The van der Waals surface area contributed by atoms with Crippen molar-refractivity contribution < 1.29 is 18.7 Å². The maximum Gasteiger partial charge on any atom is 0.258 e. The van der Waals surface area contributed by atoms with Gasteiger partial charge in [0.15, 0.2) is 12.3 Å². The van der Waals surface area contributed by atoms with Crippen molar-refractivity contribution in [3.63, 3.8) is 0 Å². The molecule has 0 aliphatic rings. The Bertz CT molecular complexity index is 1210. The molecule has 0 spiro atoms. The molecule has 4 rings (SSSR count). The third-order valence-electron chi connectivity index (χ3n) is 4.88. The number of rotatable bonds is 10. The predicted molar refractivity (Wildman–Crippen MR) is 121 cm³/mol. The van der Waals surface area contributed by atoms with Crippen molar-refractivity contribution >= 4 is 22.8 Å². The molecule has 10 heteroatoms. The van der Waals surface area contributed by atoms with Crippen LogP contribution in [0.3, 0.4) is 0 Å². The van der Waals surface area contributed by atoms with E-state index < -0.39 is 0 Å². The van der Waals surface area contributed by atoms with Crippen LogP contribution >= 0.6 is 0 Å². The number of amides is 1. The number of methoxy groups -OCH3 is 1. The lowest BCUT2D eigenvalue weighted by atomic mass is 10.2. The van der Waals surface area contributed by atoms with E-state index in [1.165, 1.54) is 18.5 Å². The zero-order valence-corrected chi connectivity index (χ0v) is 18.0. The van der Waals surface area contributed by atoms with E-state index in [0.717, 1.165) is 16.7 Å². The monoisotopic (exact) mass is 450 g/mol. The van der Waals surface area contributed by atoms with Gasteiger partial charge >= 0.3 is 0 Å². The first kappa shape index (κ1) is 22.0. The van der Waals surface area contributed by atoms with E-state index in [4.69, 9.17) is 9.47 Å². The van der Waals surface area contributed by atoms with Crippen molar-refractivity contribution in [2.45, 2.75) is 13.1 Å². The number of carbonyl (C=O) groups is 1. The molecule has 2 heterocycles. The Morgan fingerprint density at radius 3 is 2.58 bits per heavy atom. The van der Waals surface area contributed by atoms with Crippen LogP contribution in [0.1, 0.15) is 5.56 Å². The first-order valence-corrected chi connectivity index (χ1v) is 10.3. The summed E-state index contributed by atoms with van der Waals surface area (Å²) in [6, 6.07) is 13.3. The summed E-state index contributed by atoms with van der Waals surface area (Å²) >= 11 is 0. The molecular weight excluding hydrogens is 427 g/mol. The third-order valence-corrected chi connectivity index (χ3v) is 4.88. The molecular formula is C23H23FN6O3. The standard InChI is InChI=1S/C23H23FN6O3/c1-32-18-6-8-19(9-7-18)33-14-21(31)25-10-11-30-23-20(13-29-30)22(27-15-28-23)26-12-16-2-4-17(24)5-3-16/h2-9,13,15H,10-12,14H2,1H3,(H,25,31)(H,26,27,28). The number of hydrogen-bond donors (Lipinski definition) is 2. The number of benzene rings is 2. The maximum absolute atomic E-state index is 13.1. The molecule has 0 aliphatic heterocycles. The minimum atomic E-state index is -0.274. The van der Waals surface area contributed by atoms with Gasteiger partial charge in [-0.3, -0.25) is 4.79 Å². The van der Waals surface area contributed by atoms with Gasteiger partial charge in [0.2, 0.25) is 0 Å². The minimum Gasteiger partial charge on any atom is -0.497 e. The zero-order chi connectivity index (χ0) is 23.0. The molecule has 0 unspecified atom stereocenters. The molecule has 0 aliphatic carbocycles. The Labute approximate surface area is 189 Å². The smallest absolute Gasteiger partial charge is 0.258 e. The molecule has 33 heavy (non-hydrogen) atoms. The van der Waals surface area contributed by atoms with Crippen LogP contribution in [0, 0.1) is 5.82 Å². The average Bonchev–Trinajstić information content (AvgIpc) is 3.26. The number of anilines is 1. The second-order valence-electron chi connectivity index (χ2n) is 7.12. The van der Waals surface area contributed by atoms with Gasteiger partial charge in [-0.2, -0.15) is 5.10 Å². The van der Waals surface area contributed by atoms with Crippen LogP contribution < -0.4 is 20.1 Å². The van der Waals surface area contributed by atoms with Gasteiger partial charge in [0, 0.05) is 13.1 Å². The number of nitrogens with zero attached hydrogens (tertiary/aromatic N) is 4. The largest absolute Gasteiger partial charge is 0.497 e. The third kappa shape index (κ3) is 5.73. The summed E-state index contributed by atoms with van der Waals surface area (Å²) in [5.74, 6) is 1.42. The second-order valence-corrected chi connectivity index (χ2v) is 7.12. The Morgan fingerprint density at radius 2 is 1.82 bits per heavy atom. The second kappa shape index (κ2) is 10.4. The Kier molecular flexibility index (Phi) is 6.93. The van der Waals surface area contributed by atoms with Gasteiger partial charge in [0.25, 0.3) is 5.91 Å². The normalized spacial score (nSPS) is 10.7. The summed E-state index contributed by atoms with van der Waals surface area (Å²) in [4.78, 5) is 20.7. The number of fused-ring (bicyclic) bond motifs is 1. The molecule has 0 atom stereocenters. The summed E-state index contributed by atoms with van der Waals surface area (Å²) in [6.07, 6.45) is 3.13. The van der Waals surface area contributed by atoms with E-state index in [1.807, 2.05) is 0 Å². The predicted octanol–water partition coefficient (Wildman–Crippen LogP) is 2.78. The number of ether oxygens (including phenoxy) is 2. The van der Waals surface area contributed by atoms with Gasteiger partial charge in [-0.15, -0.1) is 0 Å². The SMILES string of the molecule is COc1ccc(OCC(=O)NCCn2ncc3c(NCc4ccc(F)cc4)ncnc32)cc1. The van der Waals surface area contributed by atoms with Gasteiger partial charge in [-0.1, -0.05) is 12.1 Å². The summed E-state index contributed by atoms with van der Waals surface area (Å²) in [6.45, 7) is 1.20. The fourth-order valence-corrected chi connectivity index (χ4v) is 3.16. The van der Waals surface area contributed by atoms with E-state index in [-0.39, 0.29) is 18.3 Å². The number of nitrogens with one attached hydrogen (secondary N) is 2. The van der Waals surface area contributed by atoms with Crippen LogP contribution in [0.25, 0.3) is 11.0 Å². The zero-order valence-electron chi connectivity index (χ0n) is 18.0. The van der Waals surface area contributed by atoms with Crippen LogP contribution in [0.5, 0.6) is 11.5 Å². The van der Waals surface area contributed by atoms with Crippen molar-refractivity contribution in [2.24, 2.45) is 0 Å². The number of halogens is 1. The van der Waals surface area contributed by atoms with Crippen molar-refractivity contribution in [1.29, 1.82) is 0 Å². The first-order chi connectivity index (χ1) is 16.1. The van der Waals surface area contributed by atoms with Crippen LogP contribution in [-0.2, 0) is 17.9 Å². The Balaban J connectivity index is 1.28. The molecule has 1 amide bonds. The molecule has 0 fully saturated rings. The summed E-state index contributed by atoms with van der Waals surface area (Å²) in [7, 11) is 1.59. The Hall–Kier alpha value is -4.21. The van der Waals surface area contributed by atoms with E-state index in [1.54, 1.807) is 54.4 Å². The molecule has 4 aromatic rings. The lowest BCUT2D eigenvalue weighted by Crippen LogP contribution is -2.31. The van der Waals surface area contributed by atoms with Crippen LogP contribution in [-0.4, -0.2) is 45.9 Å². The van der Waals surface area contributed by atoms with Crippen LogP contribution in [0.4, 0.5) is 10.2 Å². The van der Waals surface area contributed by atoms with E-state index >= 15 is 0 Å². The molecule has 170 valence electrons. The first-order valence-electron chi connectivity index (χ1n) is 10.3. The van der Waals surface area contributed by atoms with Crippen molar-refractivity contribution in [3.8, 4) is 11.5 Å². The average molecular weight is 450 g/mol. The quantitative estimate of drug-likeness (QED) is 0.383. The molecule has 0 bridgehead atoms. The van der Waals surface area contributed by atoms with Crippen molar-refractivity contribution in [2.75, 3.05) is 25.6 Å². The molecule has 9 nitrogen and oxygen atoms in total. The molecule has 0 saturated carbocycles. The lowest BCUT2D eigenvalue weighted by Gasteiger charge is -2.09.